The van der Waals surface area contributed by atoms with Crippen LogP contribution in [-0.2, 0) is 0 Å². The van der Waals surface area contributed by atoms with Crippen LogP contribution in [0.25, 0.3) is 0 Å². The van der Waals surface area contributed by atoms with Gasteiger partial charge in [-0.1, -0.05) is 19.3 Å². The first-order chi connectivity index (χ1) is 8.69. The topological polar surface area (TPSA) is 20.3 Å². The number of benzene rings is 1. The Labute approximate surface area is 109 Å². The second kappa shape index (κ2) is 4.42. The van der Waals surface area contributed by atoms with Gasteiger partial charge in [0.1, 0.15) is 0 Å². The van der Waals surface area contributed by atoms with Crippen LogP contribution in [0, 0.1) is 5.41 Å². The molecule has 0 N–H and O–H groups in total. The van der Waals surface area contributed by atoms with Gasteiger partial charge in [0.05, 0.1) is 0 Å². The van der Waals surface area contributed by atoms with Crippen LogP contribution in [0.5, 0.6) is 0 Å². The predicted molar refractivity (Wildman–Crippen MR) is 74.2 cm³/mol. The molecule has 1 saturated carbocycles. The Kier molecular flexibility index (Phi) is 2.89. The first-order valence-electron chi connectivity index (χ1n) is 7.05. The average molecular weight is 243 g/mol. The summed E-state index contributed by atoms with van der Waals surface area (Å²) in [6.45, 7) is 4.05. The molecule has 0 aromatic heterocycles. The predicted octanol–water partition coefficient (Wildman–Crippen LogP) is 3.66. The van der Waals surface area contributed by atoms with Crippen LogP contribution < -0.4 is 4.90 Å². The van der Waals surface area contributed by atoms with E-state index in [4.69, 9.17) is 0 Å². The Bertz CT molecular complexity index is 435. The number of nitrogens with zero attached hydrogens (tertiary/aromatic N) is 1. The maximum atomic E-state index is 11.2. The van der Waals surface area contributed by atoms with E-state index in [9.17, 15) is 4.79 Å². The molecule has 1 saturated heterocycles. The second-order valence-electron chi connectivity index (χ2n) is 6.02. The number of hydrogen-bond donors (Lipinski definition) is 0. The zero-order chi connectivity index (χ0) is 12.6. The van der Waals surface area contributed by atoms with Gasteiger partial charge in [0.25, 0.3) is 0 Å². The molecule has 0 amide bonds. The maximum Gasteiger partial charge on any atom is 0.159 e. The van der Waals surface area contributed by atoms with Gasteiger partial charge in [-0.15, -0.1) is 0 Å². The van der Waals surface area contributed by atoms with Crippen LogP contribution in [0.3, 0.4) is 0 Å². The number of Topliss-reactive ketones (excluding diaryl/α,β-unsaturated/α-hetero) is 1. The van der Waals surface area contributed by atoms with E-state index in [0.29, 0.717) is 5.41 Å². The molecule has 0 bridgehead atoms. The molecule has 1 aromatic carbocycles. The highest BCUT2D eigenvalue weighted by Crippen LogP contribution is 2.45. The molecule has 1 aromatic rings. The minimum Gasteiger partial charge on any atom is -0.370 e. The molecule has 0 unspecified atom stereocenters. The lowest BCUT2D eigenvalue weighted by Gasteiger charge is -2.53. The lowest BCUT2D eigenvalue weighted by atomic mass is 9.68. The first-order valence-corrected chi connectivity index (χ1v) is 7.05. The zero-order valence-corrected chi connectivity index (χ0v) is 11.1. The monoisotopic (exact) mass is 243 g/mol. The molecule has 1 heterocycles. The summed E-state index contributed by atoms with van der Waals surface area (Å²) >= 11 is 0. The summed E-state index contributed by atoms with van der Waals surface area (Å²) in [6.07, 6.45) is 7.08. The van der Waals surface area contributed by atoms with Gasteiger partial charge in [-0.2, -0.15) is 0 Å². The molecule has 18 heavy (non-hydrogen) atoms. The summed E-state index contributed by atoms with van der Waals surface area (Å²) in [6, 6.07) is 8.08. The standard InChI is InChI=1S/C16H21NO/c1-13(18)14-5-7-15(8-6-14)17-11-16(12-17)9-3-2-4-10-16/h5-8H,2-4,9-12H2,1H3. The minimum absolute atomic E-state index is 0.147. The molecule has 2 heteroatoms. The zero-order valence-electron chi connectivity index (χ0n) is 11.1. The minimum atomic E-state index is 0.147. The van der Waals surface area contributed by atoms with Crippen LogP contribution in [0.1, 0.15) is 49.4 Å². The summed E-state index contributed by atoms with van der Waals surface area (Å²) in [4.78, 5) is 13.7. The van der Waals surface area contributed by atoms with Crippen LogP contribution in [0.4, 0.5) is 5.69 Å². The highest BCUT2D eigenvalue weighted by atomic mass is 16.1. The molecule has 3 rings (SSSR count). The van der Waals surface area contributed by atoms with Crippen LogP contribution in [0.2, 0.25) is 0 Å². The molecule has 96 valence electrons. The van der Waals surface area contributed by atoms with E-state index in [0.717, 1.165) is 5.56 Å². The smallest absolute Gasteiger partial charge is 0.159 e. The third-order valence-electron chi connectivity index (χ3n) is 4.61. The molecule has 0 atom stereocenters. The van der Waals surface area contributed by atoms with Crippen molar-refractivity contribution in [2.45, 2.75) is 39.0 Å². The molecule has 1 spiro atoms. The molecule has 0 radical (unpaired) electrons. The van der Waals surface area contributed by atoms with Crippen molar-refractivity contribution in [2.75, 3.05) is 18.0 Å². The van der Waals surface area contributed by atoms with Gasteiger partial charge in [-0.3, -0.25) is 4.79 Å². The molecule has 2 nitrogen and oxygen atoms in total. The van der Waals surface area contributed by atoms with Gasteiger partial charge in [-0.25, -0.2) is 0 Å². The molecular weight excluding hydrogens is 222 g/mol. The molecule has 1 aliphatic heterocycles. The third kappa shape index (κ3) is 2.05. The fraction of sp³-hybridized carbons (Fsp3) is 0.562. The van der Waals surface area contributed by atoms with Crippen molar-refractivity contribution in [3.05, 3.63) is 29.8 Å². The molecular formula is C16H21NO. The van der Waals surface area contributed by atoms with Crippen LogP contribution in [-0.4, -0.2) is 18.9 Å². The van der Waals surface area contributed by atoms with Crippen molar-refractivity contribution in [2.24, 2.45) is 5.41 Å². The largest absolute Gasteiger partial charge is 0.370 e. The fourth-order valence-electron chi connectivity index (χ4n) is 3.47. The summed E-state index contributed by atoms with van der Waals surface area (Å²) in [5.41, 5.74) is 2.71. The van der Waals surface area contributed by atoms with Gasteiger partial charge in [0.2, 0.25) is 0 Å². The number of hydrogen-bond acceptors (Lipinski definition) is 2. The maximum absolute atomic E-state index is 11.2. The Morgan fingerprint density at radius 2 is 1.67 bits per heavy atom. The van der Waals surface area contributed by atoms with E-state index in [1.165, 1.54) is 50.9 Å². The van der Waals surface area contributed by atoms with E-state index in [-0.39, 0.29) is 5.78 Å². The van der Waals surface area contributed by atoms with E-state index in [2.05, 4.69) is 17.0 Å². The molecule has 2 fully saturated rings. The Morgan fingerprint density at radius 3 is 2.22 bits per heavy atom. The summed E-state index contributed by atoms with van der Waals surface area (Å²) in [5.74, 6) is 0.147. The van der Waals surface area contributed by atoms with Crippen molar-refractivity contribution in [1.29, 1.82) is 0 Å². The van der Waals surface area contributed by atoms with Gasteiger partial charge >= 0.3 is 0 Å². The van der Waals surface area contributed by atoms with E-state index in [1.54, 1.807) is 6.92 Å². The van der Waals surface area contributed by atoms with Crippen molar-refractivity contribution in [1.82, 2.24) is 0 Å². The summed E-state index contributed by atoms with van der Waals surface area (Å²) in [7, 11) is 0. The summed E-state index contributed by atoms with van der Waals surface area (Å²) < 4.78 is 0. The Morgan fingerprint density at radius 1 is 1.06 bits per heavy atom. The summed E-state index contributed by atoms with van der Waals surface area (Å²) in [5, 5.41) is 0. The van der Waals surface area contributed by atoms with Crippen LogP contribution >= 0.6 is 0 Å². The van der Waals surface area contributed by atoms with Crippen molar-refractivity contribution >= 4 is 11.5 Å². The molecule has 1 aliphatic carbocycles. The third-order valence-corrected chi connectivity index (χ3v) is 4.61. The lowest BCUT2D eigenvalue weighted by Crippen LogP contribution is -2.57. The number of ketones is 1. The second-order valence-corrected chi connectivity index (χ2v) is 6.02. The van der Waals surface area contributed by atoms with Gasteiger partial charge < -0.3 is 4.90 Å². The van der Waals surface area contributed by atoms with Gasteiger partial charge in [0, 0.05) is 29.8 Å². The van der Waals surface area contributed by atoms with Crippen molar-refractivity contribution in [3.8, 4) is 0 Å². The normalized spacial score (nSPS) is 21.7. The van der Waals surface area contributed by atoms with Crippen molar-refractivity contribution < 1.29 is 4.79 Å². The number of carbonyl (C=O) groups is 1. The highest BCUT2D eigenvalue weighted by molar-refractivity contribution is 5.94. The Balaban J connectivity index is 1.65. The number of anilines is 1. The number of carbonyl (C=O) groups excluding carboxylic acids is 1. The Hall–Kier alpha value is -1.31. The number of rotatable bonds is 2. The average Bonchev–Trinajstić information content (AvgIpc) is 2.37. The quantitative estimate of drug-likeness (QED) is 0.739. The molecule has 2 aliphatic rings. The van der Waals surface area contributed by atoms with Crippen molar-refractivity contribution in [3.63, 3.8) is 0 Å². The fourth-order valence-corrected chi connectivity index (χ4v) is 3.47. The lowest BCUT2D eigenvalue weighted by molar-refractivity contribution is 0.101. The SMILES string of the molecule is CC(=O)c1ccc(N2CC3(CCCCC3)C2)cc1. The van der Waals surface area contributed by atoms with Gasteiger partial charge in [-0.05, 0) is 44.0 Å². The van der Waals surface area contributed by atoms with Gasteiger partial charge in [0.15, 0.2) is 5.78 Å². The highest BCUT2D eigenvalue weighted by Gasteiger charge is 2.43. The van der Waals surface area contributed by atoms with E-state index in [1.807, 2.05) is 12.1 Å². The van der Waals surface area contributed by atoms with E-state index < -0.39 is 0 Å². The first kappa shape index (κ1) is 11.8. The van der Waals surface area contributed by atoms with E-state index >= 15 is 0 Å². The van der Waals surface area contributed by atoms with Crippen LogP contribution in [0.15, 0.2) is 24.3 Å².